The van der Waals surface area contributed by atoms with Crippen LogP contribution in [0.1, 0.15) is 43.0 Å². The van der Waals surface area contributed by atoms with Crippen molar-refractivity contribution < 1.29 is 13.2 Å². The molecule has 1 heterocycles. The minimum atomic E-state index is -3.67. The van der Waals surface area contributed by atoms with E-state index in [1.54, 1.807) is 55.1 Å². The minimum Gasteiger partial charge on any atom is -0.351 e. The zero-order valence-electron chi connectivity index (χ0n) is 18.9. The summed E-state index contributed by atoms with van der Waals surface area (Å²) < 4.78 is 27.6. The molecule has 174 valence electrons. The first kappa shape index (κ1) is 24.6. The molecule has 1 aliphatic heterocycles. The Morgan fingerprint density at radius 1 is 1.00 bits per heavy atom. The quantitative estimate of drug-likeness (QED) is 0.550. The molecule has 0 aromatic heterocycles. The van der Waals surface area contributed by atoms with Crippen LogP contribution < -0.4 is 9.62 Å². The Kier molecular flexibility index (Phi) is 9.02. The van der Waals surface area contributed by atoms with Gasteiger partial charge in [0.1, 0.15) is 0 Å². The van der Waals surface area contributed by atoms with E-state index in [1.165, 1.54) is 30.0 Å². The van der Waals surface area contributed by atoms with Crippen LogP contribution in [0.3, 0.4) is 0 Å². The first-order valence-electron chi connectivity index (χ1n) is 11.2. The van der Waals surface area contributed by atoms with E-state index in [4.69, 9.17) is 0 Å². The highest BCUT2D eigenvalue weighted by molar-refractivity contribution is 7.98. The molecule has 1 saturated heterocycles. The van der Waals surface area contributed by atoms with Crippen LogP contribution in [0, 0.1) is 0 Å². The van der Waals surface area contributed by atoms with Crippen molar-refractivity contribution in [3.8, 4) is 0 Å². The summed E-state index contributed by atoms with van der Waals surface area (Å²) in [7, 11) is -3.67. The van der Waals surface area contributed by atoms with Crippen LogP contribution in [0.25, 0.3) is 0 Å². The maximum Gasteiger partial charge on any atom is 0.264 e. The van der Waals surface area contributed by atoms with E-state index in [0.29, 0.717) is 24.3 Å². The van der Waals surface area contributed by atoms with Gasteiger partial charge in [0.2, 0.25) is 0 Å². The third-order valence-corrected chi connectivity index (χ3v) is 8.43. The number of anilines is 1. The summed E-state index contributed by atoms with van der Waals surface area (Å²) in [5, 5.41) is 2.98. The van der Waals surface area contributed by atoms with Crippen molar-refractivity contribution in [3.05, 3.63) is 54.1 Å². The lowest BCUT2D eigenvalue weighted by Crippen LogP contribution is -2.35. The van der Waals surface area contributed by atoms with Gasteiger partial charge in [-0.1, -0.05) is 12.8 Å². The second-order valence-corrected chi connectivity index (χ2v) is 10.6. The van der Waals surface area contributed by atoms with Crippen LogP contribution in [0.15, 0.2) is 58.3 Å². The van der Waals surface area contributed by atoms with E-state index >= 15 is 0 Å². The predicted octanol–water partition coefficient (Wildman–Crippen LogP) is 4.23. The monoisotopic (exact) mass is 475 g/mol. The highest BCUT2D eigenvalue weighted by Gasteiger charge is 2.23. The van der Waals surface area contributed by atoms with Gasteiger partial charge < -0.3 is 10.2 Å². The molecular formula is C24H33N3O3S2. The number of nitrogens with one attached hydrogen (secondary N) is 1. The molecule has 1 N–H and O–H groups in total. The first-order chi connectivity index (χ1) is 15.5. The molecule has 0 saturated carbocycles. The molecule has 3 rings (SSSR count). The number of sulfonamides is 1. The third kappa shape index (κ3) is 6.27. The second kappa shape index (κ2) is 11.7. The Morgan fingerprint density at radius 2 is 1.62 bits per heavy atom. The molecule has 0 bridgehead atoms. The summed E-state index contributed by atoms with van der Waals surface area (Å²) in [6.07, 6.45) is 7.00. The minimum absolute atomic E-state index is 0.134. The lowest BCUT2D eigenvalue weighted by molar-refractivity contribution is 0.0948. The Hall–Kier alpha value is -2.03. The molecule has 0 radical (unpaired) electrons. The van der Waals surface area contributed by atoms with Crippen LogP contribution in [-0.4, -0.2) is 58.2 Å². The van der Waals surface area contributed by atoms with E-state index in [-0.39, 0.29) is 10.8 Å². The molecule has 0 atom stereocenters. The van der Waals surface area contributed by atoms with E-state index in [2.05, 4.69) is 10.2 Å². The smallest absolute Gasteiger partial charge is 0.264 e. The average molecular weight is 476 g/mol. The van der Waals surface area contributed by atoms with Crippen LogP contribution >= 0.6 is 11.8 Å². The largest absolute Gasteiger partial charge is 0.351 e. The number of nitrogens with zero attached hydrogens (tertiary/aromatic N) is 2. The van der Waals surface area contributed by atoms with Crippen molar-refractivity contribution in [1.82, 2.24) is 10.2 Å². The fourth-order valence-electron chi connectivity index (χ4n) is 3.93. The number of likely N-dealkylation sites (tertiary alicyclic amines) is 1. The highest BCUT2D eigenvalue weighted by Crippen LogP contribution is 2.25. The zero-order valence-corrected chi connectivity index (χ0v) is 20.6. The summed E-state index contributed by atoms with van der Waals surface area (Å²) in [6.45, 7) is 5.78. The van der Waals surface area contributed by atoms with Crippen molar-refractivity contribution in [2.45, 2.75) is 42.4 Å². The van der Waals surface area contributed by atoms with E-state index in [1.807, 2.05) is 18.4 Å². The van der Waals surface area contributed by atoms with Crippen molar-refractivity contribution in [2.75, 3.05) is 43.3 Å². The van der Waals surface area contributed by atoms with Crippen molar-refractivity contribution in [3.63, 3.8) is 0 Å². The van der Waals surface area contributed by atoms with Gasteiger partial charge in [-0.25, -0.2) is 8.42 Å². The lowest BCUT2D eigenvalue weighted by Gasteiger charge is -2.23. The molecule has 1 amide bonds. The van der Waals surface area contributed by atoms with Crippen LogP contribution in [0.2, 0.25) is 0 Å². The molecule has 1 aliphatic rings. The third-order valence-electron chi connectivity index (χ3n) is 5.76. The number of amides is 1. The van der Waals surface area contributed by atoms with Crippen molar-refractivity contribution in [2.24, 2.45) is 0 Å². The van der Waals surface area contributed by atoms with Gasteiger partial charge in [0.15, 0.2) is 0 Å². The normalized spacial score (nSPS) is 15.2. The molecule has 0 unspecified atom stereocenters. The van der Waals surface area contributed by atoms with Gasteiger partial charge in [-0.2, -0.15) is 0 Å². The zero-order chi connectivity index (χ0) is 23.0. The topological polar surface area (TPSA) is 69.7 Å². The number of rotatable bonds is 9. The van der Waals surface area contributed by atoms with E-state index in [0.717, 1.165) is 24.5 Å². The van der Waals surface area contributed by atoms with Crippen LogP contribution in [0.4, 0.5) is 5.69 Å². The molecule has 32 heavy (non-hydrogen) atoms. The molecule has 1 fully saturated rings. The van der Waals surface area contributed by atoms with E-state index in [9.17, 15) is 13.2 Å². The van der Waals surface area contributed by atoms with Crippen molar-refractivity contribution >= 4 is 33.4 Å². The molecule has 6 nitrogen and oxygen atoms in total. The number of hydrogen-bond acceptors (Lipinski definition) is 5. The molecule has 0 spiro atoms. The summed E-state index contributed by atoms with van der Waals surface area (Å²) in [5.74, 6) is -0.134. The predicted molar refractivity (Wildman–Crippen MR) is 132 cm³/mol. The van der Waals surface area contributed by atoms with Gasteiger partial charge in [-0.15, -0.1) is 11.8 Å². The fraction of sp³-hybridized carbons (Fsp3) is 0.458. The summed E-state index contributed by atoms with van der Waals surface area (Å²) in [5.41, 5.74) is 1.07. The van der Waals surface area contributed by atoms with Gasteiger partial charge in [0, 0.05) is 30.1 Å². The number of hydrogen-bond donors (Lipinski definition) is 1. The van der Waals surface area contributed by atoms with Crippen molar-refractivity contribution in [1.29, 1.82) is 0 Å². The Labute approximate surface area is 196 Å². The molecular weight excluding hydrogens is 442 g/mol. The van der Waals surface area contributed by atoms with Crippen LogP contribution in [-0.2, 0) is 10.0 Å². The highest BCUT2D eigenvalue weighted by atomic mass is 32.2. The maximum atomic E-state index is 13.1. The first-order valence-corrected chi connectivity index (χ1v) is 13.9. The Balaban J connectivity index is 1.62. The second-order valence-electron chi connectivity index (χ2n) is 7.90. The SMILES string of the molecule is CCN(c1ccc(C(=O)NCCN2CCCCCC2)cc1)S(=O)(=O)c1ccc(SC)cc1. The summed E-state index contributed by atoms with van der Waals surface area (Å²) in [4.78, 5) is 16.2. The lowest BCUT2D eigenvalue weighted by atomic mass is 10.2. The van der Waals surface area contributed by atoms with Gasteiger partial charge in [-0.3, -0.25) is 9.10 Å². The van der Waals surface area contributed by atoms with Gasteiger partial charge in [0.05, 0.1) is 10.6 Å². The van der Waals surface area contributed by atoms with E-state index < -0.39 is 10.0 Å². The Bertz CT molecular complexity index is 969. The number of benzene rings is 2. The molecule has 0 aliphatic carbocycles. The van der Waals surface area contributed by atoms with Gasteiger partial charge >= 0.3 is 0 Å². The average Bonchev–Trinajstić information content (AvgIpc) is 3.09. The molecule has 2 aromatic rings. The maximum absolute atomic E-state index is 13.1. The number of carbonyl (C=O) groups is 1. The standard InChI is InChI=1S/C24H33N3O3S2/c1-3-27(32(29,30)23-14-12-22(31-2)13-15-23)21-10-8-20(9-11-21)24(28)25-16-19-26-17-6-4-5-7-18-26/h8-15H,3-7,16-19H2,1-2H3,(H,25,28). The Morgan fingerprint density at radius 3 is 2.19 bits per heavy atom. The molecule has 2 aromatic carbocycles. The van der Waals surface area contributed by atoms with Gasteiger partial charge in [0.25, 0.3) is 15.9 Å². The molecule has 8 heteroatoms. The summed E-state index contributed by atoms with van der Waals surface area (Å²) in [6, 6.07) is 13.7. The fourth-order valence-corrected chi connectivity index (χ4v) is 5.82. The number of thioether (sulfide) groups is 1. The number of carbonyl (C=O) groups excluding carboxylic acids is 1. The summed E-state index contributed by atoms with van der Waals surface area (Å²) >= 11 is 1.57. The van der Waals surface area contributed by atoms with Gasteiger partial charge in [-0.05, 0) is 87.6 Å². The van der Waals surface area contributed by atoms with Crippen LogP contribution in [0.5, 0.6) is 0 Å².